The lowest BCUT2D eigenvalue weighted by molar-refractivity contribution is -0.114. The number of hydrogen-bond acceptors (Lipinski definition) is 3. The Balaban J connectivity index is 1.38. The van der Waals surface area contributed by atoms with Crippen LogP contribution in [0.25, 0.3) is 21.9 Å². The lowest BCUT2D eigenvalue weighted by Gasteiger charge is -2.31. The van der Waals surface area contributed by atoms with Crippen molar-refractivity contribution < 1.29 is 17.6 Å². The quantitative estimate of drug-likeness (QED) is 0.475. The first-order valence-corrected chi connectivity index (χ1v) is 12.1. The zero-order chi connectivity index (χ0) is 22.7. The molecule has 1 amide bonds. The van der Waals surface area contributed by atoms with Gasteiger partial charge in [-0.3, -0.25) is 9.10 Å². The van der Waals surface area contributed by atoms with Gasteiger partial charge in [0.1, 0.15) is 12.4 Å². The number of carbonyl (C=O) groups excluding carboxylic acids is 1. The van der Waals surface area contributed by atoms with Gasteiger partial charge in [-0.15, -0.1) is 0 Å². The molecule has 0 spiro atoms. The Labute approximate surface area is 190 Å². The van der Waals surface area contributed by atoms with Crippen molar-refractivity contribution in [2.24, 2.45) is 0 Å². The molecule has 1 aliphatic carbocycles. The molecular formula is C26H19FN2O3S. The van der Waals surface area contributed by atoms with Crippen LogP contribution < -0.4 is 9.62 Å². The summed E-state index contributed by atoms with van der Waals surface area (Å²) in [5.74, 6) is -0.938. The number of anilines is 2. The molecule has 1 aliphatic heterocycles. The smallest absolute Gasteiger partial charge is 0.265 e. The number of sulfonamides is 1. The van der Waals surface area contributed by atoms with E-state index in [1.807, 2.05) is 24.3 Å². The number of aryl methyl sites for hydroxylation is 2. The average Bonchev–Trinajstić information content (AvgIpc) is 3.23. The molecule has 33 heavy (non-hydrogen) atoms. The highest BCUT2D eigenvalue weighted by Crippen LogP contribution is 2.43. The highest BCUT2D eigenvalue weighted by Gasteiger charge is 2.36. The summed E-state index contributed by atoms with van der Waals surface area (Å²) in [6.45, 7) is -0.418. The van der Waals surface area contributed by atoms with Crippen LogP contribution in [0.1, 0.15) is 11.1 Å². The van der Waals surface area contributed by atoms with Gasteiger partial charge >= 0.3 is 0 Å². The fourth-order valence-electron chi connectivity index (χ4n) is 4.95. The summed E-state index contributed by atoms with van der Waals surface area (Å²) >= 11 is 0. The Kier molecular flexibility index (Phi) is 4.32. The zero-order valence-corrected chi connectivity index (χ0v) is 18.3. The van der Waals surface area contributed by atoms with Gasteiger partial charge in [-0.2, -0.15) is 0 Å². The van der Waals surface area contributed by atoms with Gasteiger partial charge < -0.3 is 5.32 Å². The van der Waals surface area contributed by atoms with Crippen molar-refractivity contribution in [2.75, 3.05) is 16.2 Å². The Morgan fingerprint density at radius 3 is 2.55 bits per heavy atom. The minimum Gasteiger partial charge on any atom is -0.324 e. The molecule has 4 aromatic carbocycles. The number of nitrogens with zero attached hydrogens (tertiary/aromatic N) is 1. The molecule has 164 valence electrons. The third-order valence-corrected chi connectivity index (χ3v) is 8.23. The first kappa shape index (κ1) is 19.9. The molecule has 4 aromatic rings. The largest absolute Gasteiger partial charge is 0.324 e. The molecule has 2 aliphatic rings. The molecule has 6 rings (SSSR count). The average molecular weight is 459 g/mol. The number of benzene rings is 4. The van der Waals surface area contributed by atoms with Gasteiger partial charge in [0.15, 0.2) is 0 Å². The van der Waals surface area contributed by atoms with Crippen LogP contribution in [-0.4, -0.2) is 20.9 Å². The van der Waals surface area contributed by atoms with Gasteiger partial charge in [-0.05, 0) is 59.7 Å². The van der Waals surface area contributed by atoms with E-state index in [0.29, 0.717) is 16.8 Å². The molecule has 0 saturated heterocycles. The van der Waals surface area contributed by atoms with E-state index in [0.717, 1.165) is 27.9 Å². The predicted molar refractivity (Wildman–Crippen MR) is 126 cm³/mol. The van der Waals surface area contributed by atoms with Gasteiger partial charge in [0, 0.05) is 22.2 Å². The Morgan fingerprint density at radius 1 is 0.909 bits per heavy atom. The lowest BCUT2D eigenvalue weighted by atomic mass is 10.0. The van der Waals surface area contributed by atoms with Crippen LogP contribution in [0.3, 0.4) is 0 Å². The van der Waals surface area contributed by atoms with Gasteiger partial charge in [0.25, 0.3) is 10.0 Å². The molecule has 0 saturated carbocycles. The predicted octanol–water partition coefficient (Wildman–Crippen LogP) is 4.89. The van der Waals surface area contributed by atoms with E-state index < -0.39 is 28.3 Å². The number of hydrogen-bond donors (Lipinski definition) is 1. The molecule has 5 nitrogen and oxygen atoms in total. The van der Waals surface area contributed by atoms with Crippen molar-refractivity contribution >= 4 is 38.1 Å². The van der Waals surface area contributed by atoms with Crippen LogP contribution in [0.15, 0.2) is 77.7 Å². The molecular weight excluding hydrogens is 439 g/mol. The van der Waals surface area contributed by atoms with Gasteiger partial charge in [-0.1, -0.05) is 42.5 Å². The highest BCUT2D eigenvalue weighted by molar-refractivity contribution is 7.93. The highest BCUT2D eigenvalue weighted by atomic mass is 32.2. The Bertz CT molecular complexity index is 1570. The number of fused-ring (bicyclic) bond motifs is 3. The summed E-state index contributed by atoms with van der Waals surface area (Å²) in [4.78, 5) is 13.2. The summed E-state index contributed by atoms with van der Waals surface area (Å²) in [6, 6.07) is 20.3. The van der Waals surface area contributed by atoms with E-state index in [9.17, 15) is 17.6 Å². The van der Waals surface area contributed by atoms with Gasteiger partial charge in [0.2, 0.25) is 5.91 Å². The van der Waals surface area contributed by atoms with Gasteiger partial charge in [0.05, 0.1) is 10.6 Å². The van der Waals surface area contributed by atoms with Crippen LogP contribution in [0.4, 0.5) is 15.8 Å². The van der Waals surface area contributed by atoms with E-state index in [1.165, 1.54) is 35.4 Å². The number of halogens is 1. The number of nitrogens with one attached hydrogen (secondary N) is 1. The lowest BCUT2D eigenvalue weighted by Crippen LogP contribution is -2.40. The van der Waals surface area contributed by atoms with Crippen molar-refractivity contribution in [3.05, 3.63) is 89.7 Å². The second-order valence-electron chi connectivity index (χ2n) is 8.33. The molecule has 1 N–H and O–H groups in total. The van der Waals surface area contributed by atoms with Crippen LogP contribution in [0.5, 0.6) is 0 Å². The third-order valence-electron chi connectivity index (χ3n) is 6.41. The van der Waals surface area contributed by atoms with Gasteiger partial charge in [-0.25, -0.2) is 12.8 Å². The third kappa shape index (κ3) is 3.03. The molecule has 1 heterocycles. The maximum absolute atomic E-state index is 14.0. The summed E-state index contributed by atoms with van der Waals surface area (Å²) in [5.41, 5.74) is 4.31. The summed E-state index contributed by atoms with van der Waals surface area (Å²) in [5, 5.41) is 5.01. The van der Waals surface area contributed by atoms with E-state index in [4.69, 9.17) is 0 Å². The van der Waals surface area contributed by atoms with Crippen LogP contribution in [0.2, 0.25) is 0 Å². The monoisotopic (exact) mass is 458 g/mol. The van der Waals surface area contributed by atoms with Crippen molar-refractivity contribution in [3.63, 3.8) is 0 Å². The van der Waals surface area contributed by atoms with Crippen LogP contribution in [-0.2, 0) is 27.7 Å². The maximum Gasteiger partial charge on any atom is 0.265 e. The maximum atomic E-state index is 14.0. The first-order chi connectivity index (χ1) is 15.9. The van der Waals surface area contributed by atoms with E-state index in [2.05, 4.69) is 11.4 Å². The topological polar surface area (TPSA) is 66.5 Å². The first-order valence-electron chi connectivity index (χ1n) is 10.7. The van der Waals surface area contributed by atoms with Crippen molar-refractivity contribution in [2.45, 2.75) is 17.7 Å². The van der Waals surface area contributed by atoms with Crippen molar-refractivity contribution in [3.8, 4) is 11.1 Å². The summed E-state index contributed by atoms with van der Waals surface area (Å²) in [7, 11) is -3.99. The SMILES string of the molecule is O=C(CN1c2ccc(F)cc2-c2ccccc2S1(=O)=O)Nc1ccc2c3c(cccc13)CC2. The Morgan fingerprint density at radius 2 is 1.70 bits per heavy atom. The standard InChI is InChI=1S/C26H19FN2O3S/c27-18-11-13-23-21(14-18)19-5-1-2-7-24(19)33(31,32)29(23)15-25(30)28-22-12-10-17-9-8-16-4-3-6-20(22)26(16)17/h1-7,10-14H,8-9,15H2,(H,28,30). The van der Waals surface area contributed by atoms with Crippen molar-refractivity contribution in [1.82, 2.24) is 0 Å². The Hall–Kier alpha value is -3.71. The molecule has 7 heteroatoms. The second-order valence-corrected chi connectivity index (χ2v) is 10.2. The zero-order valence-electron chi connectivity index (χ0n) is 17.5. The van der Waals surface area contributed by atoms with E-state index >= 15 is 0 Å². The summed E-state index contributed by atoms with van der Waals surface area (Å²) in [6.07, 6.45) is 1.95. The minimum absolute atomic E-state index is 0.0567. The van der Waals surface area contributed by atoms with Crippen LogP contribution in [0, 0.1) is 5.82 Å². The fraction of sp³-hybridized carbons (Fsp3) is 0.115. The molecule has 0 fully saturated rings. The van der Waals surface area contributed by atoms with E-state index in [-0.39, 0.29) is 10.6 Å². The van der Waals surface area contributed by atoms with Crippen molar-refractivity contribution in [1.29, 1.82) is 0 Å². The molecule has 0 bridgehead atoms. The number of rotatable bonds is 3. The summed E-state index contributed by atoms with van der Waals surface area (Å²) < 4.78 is 41.9. The number of carbonyl (C=O) groups is 1. The fourth-order valence-corrected chi connectivity index (χ4v) is 6.60. The minimum atomic E-state index is -3.99. The molecule has 0 atom stereocenters. The number of amides is 1. The molecule has 0 aromatic heterocycles. The second kappa shape index (κ2) is 7.15. The molecule has 0 radical (unpaired) electrons. The van der Waals surface area contributed by atoms with Crippen LogP contribution >= 0.6 is 0 Å². The van der Waals surface area contributed by atoms with E-state index in [1.54, 1.807) is 18.2 Å². The normalized spacial score (nSPS) is 15.2. The molecule has 0 unspecified atom stereocenters.